The summed E-state index contributed by atoms with van der Waals surface area (Å²) in [4.78, 5) is 0. The molecule has 0 saturated carbocycles. The molecule has 3 heteroatoms. The molecule has 23 heavy (non-hydrogen) atoms. The van der Waals surface area contributed by atoms with Gasteiger partial charge in [-0.3, -0.25) is 0 Å². The van der Waals surface area contributed by atoms with Gasteiger partial charge in [0, 0.05) is 0 Å². The molecule has 0 N–H and O–H groups in total. The molecule has 0 aliphatic heterocycles. The van der Waals surface area contributed by atoms with Crippen LogP contribution in [-0.2, 0) is 27.3 Å². The van der Waals surface area contributed by atoms with Crippen LogP contribution in [0.1, 0.15) is 22.3 Å². The van der Waals surface area contributed by atoms with Gasteiger partial charge in [0.25, 0.3) is 0 Å². The van der Waals surface area contributed by atoms with Crippen LogP contribution < -0.4 is 0 Å². The Morgan fingerprint density at radius 2 is 1.83 bits per heavy atom. The molecular weight excluding hydrogens is 402 g/mol. The molecule has 0 nitrogen and oxygen atoms in total. The van der Waals surface area contributed by atoms with Crippen LogP contribution in [0.4, 0.5) is 0 Å². The molecule has 0 spiro atoms. The topological polar surface area (TPSA) is 0 Å². The van der Waals surface area contributed by atoms with Gasteiger partial charge >= 0.3 is 37.9 Å². The second kappa shape index (κ2) is 9.53. The van der Waals surface area contributed by atoms with Crippen molar-refractivity contribution in [3.05, 3.63) is 89.0 Å². The van der Waals surface area contributed by atoms with E-state index in [1.54, 1.807) is 0 Å². The summed E-state index contributed by atoms with van der Waals surface area (Å²) >= 11 is -0.826. The number of halogens is 2. The average Bonchev–Trinajstić information content (AvgIpc) is 3.17. The molecular formula is C20H18Cl2Zr. The van der Waals surface area contributed by atoms with Gasteiger partial charge in [0.15, 0.2) is 0 Å². The Labute approximate surface area is 157 Å². The molecule has 1 aliphatic rings. The second-order valence-corrected chi connectivity index (χ2v) is 9.14. The monoisotopic (exact) mass is 418 g/mol. The van der Waals surface area contributed by atoms with Crippen LogP contribution in [0.15, 0.2) is 60.7 Å². The minimum atomic E-state index is -0.826. The van der Waals surface area contributed by atoms with Crippen LogP contribution >= 0.6 is 17.0 Å². The Hall–Kier alpha value is -0.747. The van der Waals surface area contributed by atoms with Crippen molar-refractivity contribution in [1.82, 2.24) is 0 Å². The van der Waals surface area contributed by atoms with Crippen molar-refractivity contribution in [3.8, 4) is 0 Å². The maximum atomic E-state index is 4.93. The third kappa shape index (κ3) is 5.38. The summed E-state index contributed by atoms with van der Waals surface area (Å²) in [6.07, 6.45) is 6.47. The number of hydrogen-bond donors (Lipinski definition) is 0. The van der Waals surface area contributed by atoms with E-state index < -0.39 is 20.8 Å². The molecule has 0 heterocycles. The molecule has 116 valence electrons. The Kier molecular flexibility index (Phi) is 7.70. The van der Waals surface area contributed by atoms with Crippen molar-refractivity contribution < 1.29 is 20.8 Å². The van der Waals surface area contributed by atoms with Gasteiger partial charge in [-0.2, -0.15) is 35.4 Å². The summed E-state index contributed by atoms with van der Waals surface area (Å²) in [6.45, 7) is 4.21. The van der Waals surface area contributed by atoms with E-state index in [1.807, 2.05) is 0 Å². The van der Waals surface area contributed by atoms with Crippen molar-refractivity contribution in [3.63, 3.8) is 0 Å². The first-order valence-corrected chi connectivity index (χ1v) is 13.7. The number of rotatable bonds is 0. The van der Waals surface area contributed by atoms with E-state index in [1.165, 1.54) is 33.0 Å². The third-order valence-corrected chi connectivity index (χ3v) is 3.65. The molecule has 0 bridgehead atoms. The van der Waals surface area contributed by atoms with Crippen molar-refractivity contribution in [2.45, 2.75) is 20.3 Å². The van der Waals surface area contributed by atoms with E-state index in [0.717, 1.165) is 6.42 Å². The first-order valence-electron chi connectivity index (χ1n) is 7.40. The predicted molar refractivity (Wildman–Crippen MR) is 97.8 cm³/mol. The summed E-state index contributed by atoms with van der Waals surface area (Å²) in [5.74, 6) is 0. The summed E-state index contributed by atoms with van der Waals surface area (Å²) in [5, 5.41) is 2.64. The second-order valence-electron chi connectivity index (χ2n) is 5.41. The Bertz CT molecular complexity index is 771. The minimum absolute atomic E-state index is 0.826. The van der Waals surface area contributed by atoms with Gasteiger partial charge in [-0.1, -0.05) is 49.9 Å². The fourth-order valence-corrected chi connectivity index (χ4v) is 2.64. The number of allylic oxidation sites excluding steroid dienone is 1. The zero-order valence-corrected chi connectivity index (χ0v) is 17.2. The SMILES string of the molecule is Cc1cc[c-](C)c1.[C-]1=CCc2ccc3ccccc3c21.[Cl][Zr+2][Cl]. The van der Waals surface area contributed by atoms with E-state index in [9.17, 15) is 0 Å². The summed E-state index contributed by atoms with van der Waals surface area (Å²) in [6, 6.07) is 19.3. The van der Waals surface area contributed by atoms with E-state index >= 15 is 0 Å². The van der Waals surface area contributed by atoms with Crippen LogP contribution in [0.2, 0.25) is 0 Å². The molecule has 0 aromatic heterocycles. The Balaban J connectivity index is 0.000000163. The molecule has 4 rings (SSSR count). The van der Waals surface area contributed by atoms with Crippen molar-refractivity contribution >= 4 is 27.8 Å². The summed E-state index contributed by atoms with van der Waals surface area (Å²) in [7, 11) is 9.87. The van der Waals surface area contributed by atoms with E-state index in [2.05, 4.69) is 80.6 Å². The van der Waals surface area contributed by atoms with Crippen molar-refractivity contribution in [2.75, 3.05) is 0 Å². The van der Waals surface area contributed by atoms with Gasteiger partial charge in [-0.05, 0) is 0 Å². The standard InChI is InChI=1S/C13H9.C7H9.2ClH.Zr/c1-2-6-12-10(4-1)8-9-11-5-3-7-13(11)12;1-6-3-4-7(2)5-6;;;/h1-4,6,8-9H,5H2;3-5H,1-2H3;2*1H;/q2*-1;;;+4/p-2. The van der Waals surface area contributed by atoms with Crippen LogP contribution in [0, 0.1) is 19.9 Å². The molecule has 0 amide bonds. The zero-order valence-electron chi connectivity index (χ0n) is 13.2. The van der Waals surface area contributed by atoms with Gasteiger partial charge in [0.2, 0.25) is 0 Å². The van der Waals surface area contributed by atoms with Gasteiger partial charge in [0.1, 0.15) is 0 Å². The average molecular weight is 420 g/mol. The number of fused-ring (bicyclic) bond motifs is 3. The fourth-order valence-electron chi connectivity index (χ4n) is 2.64. The van der Waals surface area contributed by atoms with Crippen LogP contribution in [-0.4, -0.2) is 0 Å². The zero-order chi connectivity index (χ0) is 16.7. The summed E-state index contributed by atoms with van der Waals surface area (Å²) < 4.78 is 0. The molecule has 0 saturated heterocycles. The van der Waals surface area contributed by atoms with Gasteiger partial charge in [-0.25, -0.2) is 11.6 Å². The van der Waals surface area contributed by atoms with Gasteiger partial charge < -0.3 is 0 Å². The van der Waals surface area contributed by atoms with Crippen LogP contribution in [0.25, 0.3) is 10.8 Å². The number of hydrogen-bond acceptors (Lipinski definition) is 0. The molecule has 1 aliphatic carbocycles. The molecule has 0 fully saturated rings. The van der Waals surface area contributed by atoms with E-state index in [4.69, 9.17) is 17.0 Å². The number of aryl methyl sites for hydroxylation is 2. The molecule has 0 radical (unpaired) electrons. The van der Waals surface area contributed by atoms with Crippen LogP contribution in [0.5, 0.6) is 0 Å². The van der Waals surface area contributed by atoms with E-state index in [0.29, 0.717) is 0 Å². The van der Waals surface area contributed by atoms with Crippen LogP contribution in [0.3, 0.4) is 0 Å². The first kappa shape index (κ1) is 18.6. The van der Waals surface area contributed by atoms with Gasteiger partial charge in [-0.15, -0.1) is 23.1 Å². The number of benzene rings is 2. The first-order chi connectivity index (χ1) is 11.2. The summed E-state index contributed by atoms with van der Waals surface area (Å²) in [5.41, 5.74) is 5.41. The Morgan fingerprint density at radius 3 is 2.43 bits per heavy atom. The quantitative estimate of drug-likeness (QED) is 0.364. The molecule has 0 unspecified atom stereocenters. The third-order valence-electron chi connectivity index (χ3n) is 3.65. The molecule has 3 aromatic rings. The fraction of sp³-hybridized carbons (Fsp3) is 0.150. The van der Waals surface area contributed by atoms with E-state index in [-0.39, 0.29) is 0 Å². The Morgan fingerprint density at radius 1 is 1.09 bits per heavy atom. The van der Waals surface area contributed by atoms with Crippen molar-refractivity contribution in [2.24, 2.45) is 0 Å². The normalized spacial score (nSPS) is 11.0. The predicted octanol–water partition coefficient (Wildman–Crippen LogP) is 6.50. The van der Waals surface area contributed by atoms with Crippen molar-refractivity contribution in [1.29, 1.82) is 0 Å². The molecule has 0 atom stereocenters. The molecule has 3 aromatic carbocycles. The van der Waals surface area contributed by atoms with Gasteiger partial charge in [0.05, 0.1) is 0 Å². The maximum absolute atomic E-state index is 4.93.